The van der Waals surface area contributed by atoms with E-state index in [9.17, 15) is 27.5 Å². The van der Waals surface area contributed by atoms with Gasteiger partial charge in [-0.3, -0.25) is 0 Å². The number of nitrogens with zero attached hydrogens (tertiary/aromatic N) is 1. The average Bonchev–Trinajstić information content (AvgIpc) is 3.14. The van der Waals surface area contributed by atoms with E-state index in [0.717, 1.165) is 12.0 Å². The summed E-state index contributed by atoms with van der Waals surface area (Å²) in [4.78, 5) is 15.0. The summed E-state index contributed by atoms with van der Waals surface area (Å²) in [5.74, 6) is -0.496. The topological polar surface area (TPSA) is 88.2 Å². The molecule has 0 saturated heterocycles. The summed E-state index contributed by atoms with van der Waals surface area (Å²) in [5, 5.41) is 14.7. The van der Waals surface area contributed by atoms with Crippen molar-refractivity contribution < 1.29 is 27.5 Å². The maximum Gasteiger partial charge on any atom is 0.433 e. The standard InChI is InChI=1S/C13H14F3N3O.C7H9FOS/c14-13(15,16)11-9(6-4-5-6)10(19-12(17)20)7-2-1-3-8(7)18-11;1-7(2,9)5-3-10-4-6(5)8/h6H,1-5H2,(H3,17,18,19,20);3-4,9H,1-2H3. The molecule has 0 atom stereocenters. The predicted octanol–water partition coefficient (Wildman–Crippen LogP) is 5.07. The second-order valence-electron chi connectivity index (χ2n) is 7.98. The number of pyridine rings is 1. The monoisotopic (exact) mass is 445 g/mol. The minimum absolute atomic E-state index is 0.122. The number of fused-ring (bicyclic) bond motifs is 1. The molecule has 2 aliphatic rings. The molecule has 1 saturated carbocycles. The lowest BCUT2D eigenvalue weighted by molar-refractivity contribution is -0.141. The van der Waals surface area contributed by atoms with Crippen molar-refractivity contribution in [2.45, 2.75) is 63.6 Å². The number of urea groups is 1. The maximum atomic E-state index is 13.2. The van der Waals surface area contributed by atoms with E-state index in [1.165, 1.54) is 16.7 Å². The summed E-state index contributed by atoms with van der Waals surface area (Å²) in [6.45, 7) is 3.14. The molecule has 2 aromatic rings. The number of rotatable bonds is 3. The molecule has 0 radical (unpaired) electrons. The molecule has 0 aromatic carbocycles. The van der Waals surface area contributed by atoms with Crippen LogP contribution in [0.3, 0.4) is 0 Å². The Morgan fingerprint density at radius 1 is 1.27 bits per heavy atom. The van der Waals surface area contributed by atoms with Crippen LogP contribution in [0.15, 0.2) is 10.8 Å². The highest BCUT2D eigenvalue weighted by atomic mass is 32.1. The molecular weight excluding hydrogens is 422 g/mol. The molecule has 1 fully saturated rings. The summed E-state index contributed by atoms with van der Waals surface area (Å²) >= 11 is 1.26. The number of amides is 2. The van der Waals surface area contributed by atoms with Gasteiger partial charge in [0.15, 0.2) is 0 Å². The van der Waals surface area contributed by atoms with Crippen LogP contribution < -0.4 is 11.1 Å². The van der Waals surface area contributed by atoms with E-state index in [2.05, 4.69) is 10.3 Å². The van der Waals surface area contributed by atoms with Crippen LogP contribution in [0, 0.1) is 5.82 Å². The molecule has 2 amide bonds. The fourth-order valence-corrected chi connectivity index (χ4v) is 4.42. The molecule has 4 N–H and O–H groups in total. The number of aromatic nitrogens is 1. The van der Waals surface area contributed by atoms with Gasteiger partial charge in [0.25, 0.3) is 0 Å². The first-order valence-corrected chi connectivity index (χ1v) is 10.5. The number of nitrogens with one attached hydrogen (secondary N) is 1. The minimum Gasteiger partial charge on any atom is -0.386 e. The second-order valence-corrected chi connectivity index (χ2v) is 8.73. The van der Waals surface area contributed by atoms with E-state index in [1.54, 1.807) is 19.2 Å². The van der Waals surface area contributed by atoms with Crippen LogP contribution in [0.25, 0.3) is 0 Å². The van der Waals surface area contributed by atoms with Crippen LogP contribution in [0.2, 0.25) is 0 Å². The van der Waals surface area contributed by atoms with Crippen molar-refractivity contribution in [1.29, 1.82) is 0 Å². The molecule has 2 aromatic heterocycles. The molecule has 0 spiro atoms. The summed E-state index contributed by atoms with van der Waals surface area (Å²) in [5.41, 5.74) is 5.12. The average molecular weight is 445 g/mol. The zero-order valence-electron chi connectivity index (χ0n) is 16.6. The highest BCUT2D eigenvalue weighted by molar-refractivity contribution is 7.08. The lowest BCUT2D eigenvalue weighted by atomic mass is 10.00. The molecule has 5 nitrogen and oxygen atoms in total. The molecule has 0 bridgehead atoms. The van der Waals surface area contributed by atoms with Crippen molar-refractivity contribution in [3.05, 3.63) is 44.7 Å². The molecule has 30 heavy (non-hydrogen) atoms. The van der Waals surface area contributed by atoms with Crippen LogP contribution in [0.1, 0.15) is 67.1 Å². The molecule has 164 valence electrons. The van der Waals surface area contributed by atoms with Gasteiger partial charge >= 0.3 is 12.2 Å². The van der Waals surface area contributed by atoms with Crippen LogP contribution in [-0.4, -0.2) is 16.1 Å². The number of nitrogens with two attached hydrogens (primary N) is 1. The Balaban J connectivity index is 0.000000216. The summed E-state index contributed by atoms with van der Waals surface area (Å²) in [6.07, 6.45) is -1.23. The van der Waals surface area contributed by atoms with Gasteiger partial charge in [-0.1, -0.05) is 0 Å². The van der Waals surface area contributed by atoms with Gasteiger partial charge < -0.3 is 16.2 Å². The normalized spacial score (nSPS) is 16.0. The predicted molar refractivity (Wildman–Crippen MR) is 106 cm³/mol. The summed E-state index contributed by atoms with van der Waals surface area (Å²) in [6, 6.07) is -0.833. The van der Waals surface area contributed by atoms with E-state index in [0.29, 0.717) is 36.9 Å². The first kappa shape index (κ1) is 22.5. The van der Waals surface area contributed by atoms with Crippen molar-refractivity contribution in [2.24, 2.45) is 5.73 Å². The Morgan fingerprint density at radius 3 is 2.37 bits per heavy atom. The van der Waals surface area contributed by atoms with Gasteiger partial charge in [0, 0.05) is 22.2 Å². The summed E-state index contributed by atoms with van der Waals surface area (Å²) in [7, 11) is 0. The number of aliphatic hydroxyl groups is 1. The Morgan fingerprint density at radius 2 is 1.93 bits per heavy atom. The van der Waals surface area contributed by atoms with E-state index in [1.807, 2.05) is 0 Å². The lowest BCUT2D eigenvalue weighted by Crippen LogP contribution is -2.24. The van der Waals surface area contributed by atoms with Gasteiger partial charge in [0.1, 0.15) is 11.5 Å². The Labute approximate surface area is 175 Å². The van der Waals surface area contributed by atoms with E-state index >= 15 is 0 Å². The number of primary amides is 1. The van der Waals surface area contributed by atoms with Crippen LogP contribution in [0.4, 0.5) is 28.0 Å². The number of alkyl halides is 3. The van der Waals surface area contributed by atoms with Gasteiger partial charge in [-0.2, -0.15) is 13.2 Å². The van der Waals surface area contributed by atoms with Crippen molar-refractivity contribution in [3.63, 3.8) is 0 Å². The number of hydrogen-bond donors (Lipinski definition) is 3. The molecular formula is C20H23F4N3O2S. The number of hydrogen-bond acceptors (Lipinski definition) is 4. The molecule has 2 heterocycles. The fraction of sp³-hybridized carbons (Fsp3) is 0.500. The first-order chi connectivity index (χ1) is 13.9. The van der Waals surface area contributed by atoms with Gasteiger partial charge in [-0.25, -0.2) is 14.2 Å². The maximum absolute atomic E-state index is 13.2. The van der Waals surface area contributed by atoms with Crippen molar-refractivity contribution in [3.8, 4) is 0 Å². The number of carbonyl (C=O) groups excluding carboxylic acids is 1. The van der Waals surface area contributed by atoms with E-state index in [4.69, 9.17) is 5.73 Å². The highest BCUT2D eigenvalue weighted by Gasteiger charge is 2.43. The zero-order chi connectivity index (χ0) is 22.3. The molecule has 10 heteroatoms. The second kappa shape index (κ2) is 8.14. The third kappa shape index (κ3) is 4.92. The third-order valence-corrected chi connectivity index (χ3v) is 5.75. The van der Waals surface area contributed by atoms with Crippen LogP contribution >= 0.6 is 11.3 Å². The van der Waals surface area contributed by atoms with Gasteiger partial charge in [0.2, 0.25) is 0 Å². The Kier molecular flexibility index (Phi) is 6.10. The minimum atomic E-state index is -4.51. The zero-order valence-corrected chi connectivity index (χ0v) is 17.4. The van der Waals surface area contributed by atoms with Gasteiger partial charge in [0.05, 0.1) is 11.3 Å². The Hall–Kier alpha value is -2.20. The van der Waals surface area contributed by atoms with Crippen molar-refractivity contribution >= 4 is 23.1 Å². The van der Waals surface area contributed by atoms with Crippen LogP contribution in [0.5, 0.6) is 0 Å². The molecule has 2 aliphatic carbocycles. The van der Waals surface area contributed by atoms with Gasteiger partial charge in [-0.15, -0.1) is 11.3 Å². The van der Waals surface area contributed by atoms with E-state index < -0.39 is 23.5 Å². The fourth-order valence-electron chi connectivity index (χ4n) is 3.57. The number of thiophene rings is 1. The van der Waals surface area contributed by atoms with Crippen LogP contribution in [-0.2, 0) is 24.6 Å². The lowest BCUT2D eigenvalue weighted by Gasteiger charge is -2.19. The van der Waals surface area contributed by atoms with Crippen molar-refractivity contribution in [1.82, 2.24) is 4.98 Å². The quantitative estimate of drug-likeness (QED) is 0.576. The first-order valence-electron chi connectivity index (χ1n) is 9.53. The molecule has 0 unspecified atom stereocenters. The number of aryl methyl sites for hydroxylation is 1. The molecule has 0 aliphatic heterocycles. The van der Waals surface area contributed by atoms with Crippen molar-refractivity contribution in [2.75, 3.05) is 5.32 Å². The van der Waals surface area contributed by atoms with Gasteiger partial charge in [-0.05, 0) is 62.8 Å². The smallest absolute Gasteiger partial charge is 0.386 e. The number of carbonyl (C=O) groups is 1. The number of halogens is 4. The Bertz CT molecular complexity index is 947. The SMILES string of the molecule is CC(C)(O)c1cscc1F.NC(=O)Nc1c2c(nc(C(F)(F)F)c1C1CC1)CCC2. The highest BCUT2D eigenvalue weighted by Crippen LogP contribution is 2.50. The third-order valence-electron chi connectivity index (χ3n) is 5.04. The molecule has 4 rings (SSSR count). The van der Waals surface area contributed by atoms with E-state index in [-0.39, 0.29) is 23.0 Å². The largest absolute Gasteiger partial charge is 0.433 e. The summed E-state index contributed by atoms with van der Waals surface area (Å²) < 4.78 is 52.3. The number of anilines is 1.